The number of aromatic nitrogens is 4. The van der Waals surface area contributed by atoms with Crippen molar-refractivity contribution in [3.05, 3.63) is 46.4 Å². The van der Waals surface area contributed by atoms with Crippen LogP contribution < -0.4 is 5.73 Å². The molecule has 22 heavy (non-hydrogen) atoms. The lowest BCUT2D eigenvalue weighted by molar-refractivity contribution is 0.0999. The number of primary amides is 1. The molecule has 112 valence electrons. The number of hydrogen-bond acceptors (Lipinski definition) is 4. The standard InChI is InChI=1S/C15H14ClN5O/c1-3-9-4-6-10(7-5-9)12-11(13(17)22)8(2)18-15-19-14(16)20-21(12)15/h4-7H,3H2,1-2H3,(H2,17,22). The molecule has 0 unspecified atom stereocenters. The van der Waals surface area contributed by atoms with Crippen LogP contribution in [0.4, 0.5) is 0 Å². The third kappa shape index (κ3) is 2.31. The number of hydrogen-bond donors (Lipinski definition) is 1. The zero-order valence-corrected chi connectivity index (χ0v) is 12.9. The molecule has 2 heterocycles. The van der Waals surface area contributed by atoms with Gasteiger partial charge >= 0.3 is 0 Å². The van der Waals surface area contributed by atoms with Crippen LogP contribution in [0.25, 0.3) is 17.0 Å². The van der Waals surface area contributed by atoms with Crippen LogP contribution in [0.3, 0.4) is 0 Å². The highest BCUT2D eigenvalue weighted by atomic mass is 35.5. The molecule has 3 rings (SSSR count). The first-order chi connectivity index (χ1) is 10.5. The Morgan fingerprint density at radius 2 is 1.95 bits per heavy atom. The Morgan fingerprint density at radius 1 is 1.27 bits per heavy atom. The molecule has 0 saturated heterocycles. The normalized spacial score (nSPS) is 11.0. The molecule has 0 aliphatic rings. The summed E-state index contributed by atoms with van der Waals surface area (Å²) in [6.45, 7) is 3.79. The first kappa shape index (κ1) is 14.5. The summed E-state index contributed by atoms with van der Waals surface area (Å²) in [6.07, 6.45) is 0.933. The Bertz CT molecular complexity index is 870. The minimum atomic E-state index is -0.562. The number of aryl methyl sites for hydroxylation is 2. The van der Waals surface area contributed by atoms with E-state index in [0.717, 1.165) is 12.0 Å². The second-order valence-corrected chi connectivity index (χ2v) is 5.27. The fraction of sp³-hybridized carbons (Fsp3) is 0.200. The van der Waals surface area contributed by atoms with E-state index in [0.29, 0.717) is 22.7 Å². The van der Waals surface area contributed by atoms with Gasteiger partial charge in [-0.15, -0.1) is 5.10 Å². The summed E-state index contributed by atoms with van der Waals surface area (Å²) in [4.78, 5) is 20.2. The van der Waals surface area contributed by atoms with Crippen molar-refractivity contribution in [1.29, 1.82) is 0 Å². The number of halogens is 1. The average Bonchev–Trinajstić information content (AvgIpc) is 2.85. The van der Waals surface area contributed by atoms with Crippen LogP contribution in [0.5, 0.6) is 0 Å². The van der Waals surface area contributed by atoms with Crippen molar-refractivity contribution in [2.45, 2.75) is 20.3 Å². The Hall–Kier alpha value is -2.47. The number of carbonyl (C=O) groups is 1. The quantitative estimate of drug-likeness (QED) is 0.804. The molecule has 0 aliphatic carbocycles. The van der Waals surface area contributed by atoms with Gasteiger partial charge in [-0.2, -0.15) is 9.50 Å². The number of carbonyl (C=O) groups excluding carboxylic acids is 1. The molecule has 0 bridgehead atoms. The van der Waals surface area contributed by atoms with Crippen LogP contribution in [0.1, 0.15) is 28.5 Å². The number of nitrogens with zero attached hydrogens (tertiary/aromatic N) is 4. The van der Waals surface area contributed by atoms with Gasteiger partial charge in [-0.25, -0.2) is 4.98 Å². The fourth-order valence-electron chi connectivity index (χ4n) is 2.44. The van der Waals surface area contributed by atoms with Crippen molar-refractivity contribution >= 4 is 23.3 Å². The van der Waals surface area contributed by atoms with E-state index in [9.17, 15) is 4.79 Å². The number of nitrogens with two attached hydrogens (primary N) is 1. The lowest BCUT2D eigenvalue weighted by atomic mass is 10.0. The fourth-order valence-corrected chi connectivity index (χ4v) is 2.60. The Balaban J connectivity index is 2.37. The molecular formula is C15H14ClN5O. The van der Waals surface area contributed by atoms with Crippen molar-refractivity contribution in [2.75, 3.05) is 0 Å². The second-order valence-electron chi connectivity index (χ2n) is 4.93. The molecule has 7 heteroatoms. The van der Waals surface area contributed by atoms with Gasteiger partial charge < -0.3 is 5.73 Å². The molecule has 2 aromatic heterocycles. The lowest BCUT2D eigenvalue weighted by Crippen LogP contribution is -2.18. The molecule has 6 nitrogen and oxygen atoms in total. The first-order valence-electron chi connectivity index (χ1n) is 6.83. The number of benzene rings is 1. The second kappa shape index (κ2) is 5.38. The largest absolute Gasteiger partial charge is 0.365 e. The van der Waals surface area contributed by atoms with Gasteiger partial charge in [-0.1, -0.05) is 31.2 Å². The van der Waals surface area contributed by atoms with Gasteiger partial charge in [0.1, 0.15) is 0 Å². The van der Waals surface area contributed by atoms with Gasteiger partial charge in [0, 0.05) is 5.56 Å². The number of rotatable bonds is 3. The van der Waals surface area contributed by atoms with E-state index in [-0.39, 0.29) is 5.28 Å². The maximum atomic E-state index is 11.9. The third-order valence-electron chi connectivity index (χ3n) is 3.52. The van der Waals surface area contributed by atoms with Crippen LogP contribution in [-0.2, 0) is 6.42 Å². The predicted molar refractivity (Wildman–Crippen MR) is 83.9 cm³/mol. The lowest BCUT2D eigenvalue weighted by Gasteiger charge is -2.11. The third-order valence-corrected chi connectivity index (χ3v) is 3.68. The van der Waals surface area contributed by atoms with Gasteiger partial charge in [-0.05, 0) is 30.5 Å². The Labute approximate surface area is 131 Å². The summed E-state index contributed by atoms with van der Waals surface area (Å²) in [5.74, 6) is -0.227. The summed E-state index contributed by atoms with van der Waals surface area (Å²) < 4.78 is 1.45. The van der Waals surface area contributed by atoms with Crippen LogP contribution >= 0.6 is 11.6 Å². The smallest absolute Gasteiger partial charge is 0.254 e. The van der Waals surface area contributed by atoms with Gasteiger partial charge in [-0.3, -0.25) is 4.79 Å². The SMILES string of the molecule is CCc1ccc(-c2c(C(N)=O)c(C)nc3nc(Cl)nn23)cc1. The zero-order chi connectivity index (χ0) is 15.9. The molecule has 0 fully saturated rings. The highest BCUT2D eigenvalue weighted by Gasteiger charge is 2.20. The molecule has 2 N–H and O–H groups in total. The van der Waals surface area contributed by atoms with E-state index in [1.807, 2.05) is 24.3 Å². The highest BCUT2D eigenvalue weighted by molar-refractivity contribution is 6.28. The number of fused-ring (bicyclic) bond motifs is 1. The Morgan fingerprint density at radius 3 is 2.55 bits per heavy atom. The van der Waals surface area contributed by atoms with E-state index < -0.39 is 5.91 Å². The van der Waals surface area contributed by atoms with Crippen molar-refractivity contribution in [3.8, 4) is 11.3 Å². The van der Waals surface area contributed by atoms with Crippen LogP contribution in [-0.4, -0.2) is 25.5 Å². The van der Waals surface area contributed by atoms with Crippen molar-refractivity contribution in [3.63, 3.8) is 0 Å². The Kier molecular flexibility index (Phi) is 3.54. The molecule has 0 atom stereocenters. The molecule has 0 radical (unpaired) electrons. The molecule has 1 amide bonds. The van der Waals surface area contributed by atoms with E-state index in [4.69, 9.17) is 17.3 Å². The maximum Gasteiger partial charge on any atom is 0.254 e. The van der Waals surface area contributed by atoms with Gasteiger partial charge in [0.05, 0.1) is 17.0 Å². The zero-order valence-electron chi connectivity index (χ0n) is 12.2. The van der Waals surface area contributed by atoms with Gasteiger partial charge in [0.2, 0.25) is 5.28 Å². The van der Waals surface area contributed by atoms with E-state index in [1.54, 1.807) is 6.92 Å². The summed E-state index contributed by atoms with van der Waals surface area (Å²) in [7, 11) is 0. The van der Waals surface area contributed by atoms with Crippen molar-refractivity contribution in [1.82, 2.24) is 19.6 Å². The van der Waals surface area contributed by atoms with Crippen LogP contribution in [0.2, 0.25) is 5.28 Å². The molecule has 0 aliphatic heterocycles. The minimum Gasteiger partial charge on any atom is -0.365 e. The van der Waals surface area contributed by atoms with E-state index in [2.05, 4.69) is 22.0 Å². The van der Waals surface area contributed by atoms with Crippen LogP contribution in [0, 0.1) is 6.92 Å². The summed E-state index contributed by atoms with van der Waals surface area (Å²) in [6, 6.07) is 7.85. The van der Waals surface area contributed by atoms with E-state index in [1.165, 1.54) is 10.1 Å². The molecular weight excluding hydrogens is 302 g/mol. The summed E-state index contributed by atoms with van der Waals surface area (Å²) in [5, 5.41) is 4.19. The topological polar surface area (TPSA) is 86.2 Å². The summed E-state index contributed by atoms with van der Waals surface area (Å²) >= 11 is 5.88. The average molecular weight is 316 g/mol. The summed E-state index contributed by atoms with van der Waals surface area (Å²) in [5.41, 5.74) is 8.91. The molecule has 3 aromatic rings. The van der Waals surface area contributed by atoms with Crippen LogP contribution in [0.15, 0.2) is 24.3 Å². The van der Waals surface area contributed by atoms with Crippen molar-refractivity contribution < 1.29 is 4.79 Å². The van der Waals surface area contributed by atoms with Gasteiger partial charge in [0.15, 0.2) is 0 Å². The molecule has 1 aromatic carbocycles. The van der Waals surface area contributed by atoms with Gasteiger partial charge in [0.25, 0.3) is 11.7 Å². The maximum absolute atomic E-state index is 11.9. The minimum absolute atomic E-state index is 0.0694. The van der Waals surface area contributed by atoms with Crippen molar-refractivity contribution in [2.24, 2.45) is 5.73 Å². The van der Waals surface area contributed by atoms with E-state index >= 15 is 0 Å². The molecule has 0 spiro atoms. The monoisotopic (exact) mass is 315 g/mol. The first-order valence-corrected chi connectivity index (χ1v) is 7.21. The predicted octanol–water partition coefficient (Wildman–Crippen LogP) is 2.41. The number of amides is 1. The highest BCUT2D eigenvalue weighted by Crippen LogP contribution is 2.26. The molecule has 0 saturated carbocycles.